The maximum absolute atomic E-state index is 12.6. The van der Waals surface area contributed by atoms with Gasteiger partial charge in [0.2, 0.25) is 0 Å². The van der Waals surface area contributed by atoms with E-state index in [0.717, 1.165) is 38.5 Å². The minimum Gasteiger partial charge on any atom is -0.480 e. The van der Waals surface area contributed by atoms with Gasteiger partial charge in [0.25, 0.3) is 0 Å². The van der Waals surface area contributed by atoms with Gasteiger partial charge in [-0.05, 0) is 12.8 Å². The third kappa shape index (κ3) is 39.2. The zero-order valence-electron chi connectivity index (χ0n) is 35.1. The Hall–Kier alpha value is -1.03. The number of carboxylic acids is 1. The van der Waals surface area contributed by atoms with Gasteiger partial charge in [-0.25, -0.2) is 4.57 Å². The third-order valence-electron chi connectivity index (χ3n) is 10.1. The number of carboxylic acid groups (broad SMARTS) is 1. The standard InChI is InChI=1S/C43H86NO9P/c1-3-5-7-9-11-13-14-15-16-17-18-19-20-21-22-23-24-25-26-27-29-31-33-35-42(45)53-40(38-51-54(48,49)52-39-41(44)43(46)47)37-50-36-34-32-30-28-12-10-8-6-4-2/h40-41H,3-39,44H2,1-2H3,(H,46,47)(H,48,49). The number of carbonyl (C=O) groups excluding carboxylic acids is 1. The summed E-state index contributed by atoms with van der Waals surface area (Å²) in [6.45, 7) is 3.90. The smallest absolute Gasteiger partial charge is 0.472 e. The molecule has 0 spiro atoms. The number of carbonyl (C=O) groups is 2. The first kappa shape index (κ1) is 53.0. The summed E-state index contributed by atoms with van der Waals surface area (Å²) in [6, 6.07) is -1.47. The van der Waals surface area contributed by atoms with Gasteiger partial charge < -0.3 is 25.2 Å². The number of aliphatic carboxylic acids is 1. The molecule has 322 valence electrons. The zero-order valence-corrected chi connectivity index (χ0v) is 36.0. The average molecular weight is 792 g/mol. The van der Waals surface area contributed by atoms with E-state index in [1.807, 2.05) is 0 Å². The maximum atomic E-state index is 12.6. The Morgan fingerprint density at radius 3 is 1.22 bits per heavy atom. The van der Waals surface area contributed by atoms with Gasteiger partial charge >= 0.3 is 19.8 Å². The number of hydrogen-bond acceptors (Lipinski definition) is 8. The van der Waals surface area contributed by atoms with E-state index in [4.69, 9.17) is 29.4 Å². The summed E-state index contributed by atoms with van der Waals surface area (Å²) in [6.07, 6.45) is 40.3. The van der Waals surface area contributed by atoms with Gasteiger partial charge in [-0.1, -0.05) is 206 Å². The zero-order chi connectivity index (χ0) is 39.8. The number of nitrogens with two attached hydrogens (primary N) is 1. The number of hydrogen-bond donors (Lipinski definition) is 3. The summed E-state index contributed by atoms with van der Waals surface area (Å²) in [4.78, 5) is 33.5. The first-order valence-corrected chi connectivity index (χ1v) is 24.1. The SMILES string of the molecule is CCCCCCCCCCCCCCCCCCCCCCCCCC(=O)OC(COCCCCCCCCCCC)COP(=O)(O)OCC(N)C(=O)O. The highest BCUT2D eigenvalue weighted by Crippen LogP contribution is 2.43. The van der Waals surface area contributed by atoms with Crippen LogP contribution in [0, 0.1) is 0 Å². The van der Waals surface area contributed by atoms with Crippen molar-refractivity contribution in [3.05, 3.63) is 0 Å². The highest BCUT2D eigenvalue weighted by atomic mass is 31.2. The van der Waals surface area contributed by atoms with Crippen molar-refractivity contribution in [1.82, 2.24) is 0 Å². The van der Waals surface area contributed by atoms with Crippen LogP contribution in [0.4, 0.5) is 0 Å². The topological polar surface area (TPSA) is 155 Å². The van der Waals surface area contributed by atoms with Gasteiger partial charge in [-0.2, -0.15) is 0 Å². The van der Waals surface area contributed by atoms with Crippen LogP contribution in [0.15, 0.2) is 0 Å². The van der Waals surface area contributed by atoms with Crippen molar-refractivity contribution in [3.63, 3.8) is 0 Å². The van der Waals surface area contributed by atoms with E-state index in [0.29, 0.717) is 6.61 Å². The molecule has 0 fully saturated rings. The average Bonchev–Trinajstić information content (AvgIpc) is 3.15. The minimum absolute atomic E-state index is 0.0246. The number of ether oxygens (including phenoxy) is 2. The number of unbranched alkanes of at least 4 members (excludes halogenated alkanes) is 30. The second kappa shape index (κ2) is 40.2. The second-order valence-electron chi connectivity index (χ2n) is 15.5. The molecule has 0 aromatic heterocycles. The van der Waals surface area contributed by atoms with Gasteiger partial charge in [0.05, 0.1) is 19.8 Å². The van der Waals surface area contributed by atoms with E-state index in [2.05, 4.69) is 13.8 Å². The Labute approximate surface area is 331 Å². The monoisotopic (exact) mass is 792 g/mol. The van der Waals surface area contributed by atoms with E-state index in [1.165, 1.54) is 167 Å². The van der Waals surface area contributed by atoms with Crippen LogP contribution in [0.3, 0.4) is 0 Å². The lowest BCUT2D eigenvalue weighted by Crippen LogP contribution is -2.34. The Bertz CT molecular complexity index is 878. The van der Waals surface area contributed by atoms with Crippen LogP contribution in [0.25, 0.3) is 0 Å². The summed E-state index contributed by atoms with van der Waals surface area (Å²) in [5.41, 5.74) is 5.35. The van der Waals surface area contributed by atoms with E-state index < -0.39 is 45.1 Å². The number of esters is 1. The predicted molar refractivity (Wildman–Crippen MR) is 222 cm³/mol. The molecule has 0 bridgehead atoms. The molecule has 10 nitrogen and oxygen atoms in total. The van der Waals surface area contributed by atoms with Gasteiger partial charge in [-0.3, -0.25) is 18.6 Å². The van der Waals surface area contributed by atoms with Crippen molar-refractivity contribution in [2.45, 2.75) is 238 Å². The van der Waals surface area contributed by atoms with Gasteiger partial charge in [0, 0.05) is 13.0 Å². The van der Waals surface area contributed by atoms with Crippen molar-refractivity contribution in [2.75, 3.05) is 26.4 Å². The van der Waals surface area contributed by atoms with Crippen LogP contribution in [0.2, 0.25) is 0 Å². The van der Waals surface area contributed by atoms with Crippen LogP contribution in [0.5, 0.6) is 0 Å². The third-order valence-corrected chi connectivity index (χ3v) is 11.1. The Morgan fingerprint density at radius 1 is 0.519 bits per heavy atom. The van der Waals surface area contributed by atoms with Gasteiger partial charge in [-0.15, -0.1) is 0 Å². The molecule has 0 saturated carbocycles. The van der Waals surface area contributed by atoms with Crippen LogP contribution >= 0.6 is 7.82 Å². The van der Waals surface area contributed by atoms with Crippen LogP contribution in [-0.4, -0.2) is 60.5 Å². The number of phosphoric acid groups is 1. The molecule has 0 aromatic rings. The normalized spacial score (nSPS) is 13.9. The Kier molecular flexibility index (Phi) is 39.4. The molecule has 0 amide bonds. The lowest BCUT2D eigenvalue weighted by atomic mass is 10.0. The molecule has 54 heavy (non-hydrogen) atoms. The van der Waals surface area contributed by atoms with Crippen molar-refractivity contribution in [2.24, 2.45) is 5.73 Å². The van der Waals surface area contributed by atoms with Crippen molar-refractivity contribution in [1.29, 1.82) is 0 Å². The fourth-order valence-electron chi connectivity index (χ4n) is 6.61. The first-order chi connectivity index (χ1) is 26.2. The van der Waals surface area contributed by atoms with E-state index in [9.17, 15) is 19.0 Å². The summed E-state index contributed by atoms with van der Waals surface area (Å²) < 4.78 is 33.3. The quantitative estimate of drug-likeness (QED) is 0.0308. The fraction of sp³-hybridized carbons (Fsp3) is 0.953. The summed E-state index contributed by atoms with van der Waals surface area (Å²) >= 11 is 0. The molecule has 0 aliphatic carbocycles. The predicted octanol–water partition coefficient (Wildman–Crippen LogP) is 12.4. The number of rotatable bonds is 44. The molecule has 0 radical (unpaired) electrons. The van der Waals surface area contributed by atoms with Crippen molar-refractivity contribution in [3.8, 4) is 0 Å². The molecule has 3 unspecified atom stereocenters. The fourth-order valence-corrected chi connectivity index (χ4v) is 7.38. The van der Waals surface area contributed by atoms with E-state index in [1.54, 1.807) is 0 Å². The Morgan fingerprint density at radius 2 is 0.852 bits per heavy atom. The lowest BCUT2D eigenvalue weighted by molar-refractivity contribution is -0.154. The molecular weight excluding hydrogens is 705 g/mol. The van der Waals surface area contributed by atoms with Crippen molar-refractivity contribution >= 4 is 19.8 Å². The first-order valence-electron chi connectivity index (χ1n) is 22.6. The Balaban J connectivity index is 4.01. The molecule has 0 aromatic carbocycles. The summed E-state index contributed by atoms with van der Waals surface area (Å²) in [5, 5.41) is 8.88. The molecule has 0 aliphatic rings. The molecular formula is C43H86NO9P. The van der Waals surface area contributed by atoms with Crippen LogP contribution in [-0.2, 0) is 32.7 Å². The lowest BCUT2D eigenvalue weighted by Gasteiger charge is -2.20. The van der Waals surface area contributed by atoms with Crippen LogP contribution in [0.1, 0.15) is 226 Å². The number of phosphoric ester groups is 1. The molecule has 11 heteroatoms. The highest BCUT2D eigenvalue weighted by Gasteiger charge is 2.27. The highest BCUT2D eigenvalue weighted by molar-refractivity contribution is 7.47. The molecule has 0 heterocycles. The molecule has 0 aliphatic heterocycles. The van der Waals surface area contributed by atoms with Gasteiger partial charge in [0.15, 0.2) is 0 Å². The second-order valence-corrected chi connectivity index (χ2v) is 17.0. The van der Waals surface area contributed by atoms with Gasteiger partial charge in [0.1, 0.15) is 12.1 Å². The van der Waals surface area contributed by atoms with E-state index >= 15 is 0 Å². The maximum Gasteiger partial charge on any atom is 0.472 e. The molecule has 3 atom stereocenters. The summed E-state index contributed by atoms with van der Waals surface area (Å²) in [7, 11) is -4.60. The van der Waals surface area contributed by atoms with Crippen molar-refractivity contribution < 1.29 is 42.7 Å². The van der Waals surface area contributed by atoms with Crippen LogP contribution < -0.4 is 5.73 Å². The molecule has 0 saturated heterocycles. The minimum atomic E-state index is -4.60. The van der Waals surface area contributed by atoms with E-state index in [-0.39, 0.29) is 13.0 Å². The largest absolute Gasteiger partial charge is 0.480 e. The summed E-state index contributed by atoms with van der Waals surface area (Å²) in [5.74, 6) is -1.77. The molecule has 4 N–H and O–H groups in total. The molecule has 0 rings (SSSR count).